The van der Waals surface area contributed by atoms with Crippen LogP contribution in [0.4, 0.5) is 5.69 Å². The number of hydrogen-bond acceptors (Lipinski definition) is 4. The second-order valence-corrected chi connectivity index (χ2v) is 8.06. The highest BCUT2D eigenvalue weighted by Crippen LogP contribution is 2.37. The SMILES string of the molecule is CCOc1ccc(Br)cc1/C=C1\SC(=S)N(c2cccc(C)c2)C1=O. The van der Waals surface area contributed by atoms with Crippen LogP contribution in [0, 0.1) is 6.92 Å². The second kappa shape index (κ2) is 7.72. The smallest absolute Gasteiger partial charge is 0.270 e. The number of carbonyl (C=O) groups is 1. The first-order valence-electron chi connectivity index (χ1n) is 7.76. The van der Waals surface area contributed by atoms with Gasteiger partial charge in [0.25, 0.3) is 5.91 Å². The van der Waals surface area contributed by atoms with Crippen LogP contribution in [0.25, 0.3) is 6.08 Å². The third-order valence-corrected chi connectivity index (χ3v) is 5.41. The van der Waals surface area contributed by atoms with Gasteiger partial charge in [0.2, 0.25) is 0 Å². The van der Waals surface area contributed by atoms with Gasteiger partial charge in [0, 0.05) is 10.0 Å². The van der Waals surface area contributed by atoms with Crippen molar-refractivity contribution in [1.29, 1.82) is 0 Å². The Hall–Kier alpha value is -1.63. The van der Waals surface area contributed by atoms with E-state index in [2.05, 4.69) is 15.9 Å². The summed E-state index contributed by atoms with van der Waals surface area (Å²) in [6.45, 7) is 4.49. The van der Waals surface area contributed by atoms with E-state index in [-0.39, 0.29) is 5.91 Å². The van der Waals surface area contributed by atoms with Crippen LogP contribution in [0.5, 0.6) is 5.75 Å². The van der Waals surface area contributed by atoms with Crippen molar-refractivity contribution in [1.82, 2.24) is 0 Å². The quantitative estimate of drug-likeness (QED) is 0.465. The Labute approximate surface area is 165 Å². The number of benzene rings is 2. The molecule has 0 bridgehead atoms. The molecule has 0 radical (unpaired) electrons. The van der Waals surface area contributed by atoms with Crippen molar-refractivity contribution in [2.24, 2.45) is 0 Å². The number of thiocarbonyl (C=S) groups is 1. The first kappa shape index (κ1) is 18.2. The lowest BCUT2D eigenvalue weighted by atomic mass is 10.1. The average Bonchev–Trinajstić information content (AvgIpc) is 2.84. The van der Waals surface area contributed by atoms with Crippen molar-refractivity contribution < 1.29 is 9.53 Å². The monoisotopic (exact) mass is 433 g/mol. The number of amides is 1. The predicted octanol–water partition coefficient (Wildman–Crippen LogP) is 5.56. The van der Waals surface area contributed by atoms with Crippen molar-refractivity contribution >= 4 is 61.9 Å². The van der Waals surface area contributed by atoms with Gasteiger partial charge in [-0.25, -0.2) is 0 Å². The van der Waals surface area contributed by atoms with Gasteiger partial charge in [0.1, 0.15) is 5.75 Å². The Kier molecular flexibility index (Phi) is 5.61. The summed E-state index contributed by atoms with van der Waals surface area (Å²) in [5.74, 6) is 0.634. The minimum Gasteiger partial charge on any atom is -0.493 e. The topological polar surface area (TPSA) is 29.5 Å². The van der Waals surface area contributed by atoms with E-state index in [1.807, 2.05) is 62.4 Å². The normalized spacial score (nSPS) is 16.0. The number of anilines is 1. The molecule has 25 heavy (non-hydrogen) atoms. The fraction of sp³-hybridized carbons (Fsp3) is 0.158. The molecule has 0 atom stereocenters. The molecular formula is C19H16BrNO2S2. The zero-order valence-electron chi connectivity index (χ0n) is 13.8. The standard InChI is InChI=1S/C19H16BrNO2S2/c1-3-23-16-8-7-14(20)10-13(16)11-17-18(22)21(19(24)25-17)15-6-4-5-12(2)9-15/h4-11H,3H2,1-2H3/b17-11-. The highest BCUT2D eigenvalue weighted by molar-refractivity contribution is 9.10. The molecule has 0 unspecified atom stereocenters. The second-order valence-electron chi connectivity index (χ2n) is 5.47. The maximum absolute atomic E-state index is 12.9. The van der Waals surface area contributed by atoms with Gasteiger partial charge in [-0.1, -0.05) is 52.0 Å². The molecule has 6 heteroatoms. The van der Waals surface area contributed by atoms with Gasteiger partial charge in [0.05, 0.1) is 17.2 Å². The first-order chi connectivity index (χ1) is 12.0. The third kappa shape index (κ3) is 3.97. The summed E-state index contributed by atoms with van der Waals surface area (Å²) in [7, 11) is 0. The van der Waals surface area contributed by atoms with Gasteiger partial charge in [-0.2, -0.15) is 0 Å². The average molecular weight is 434 g/mol. The zero-order valence-corrected chi connectivity index (χ0v) is 17.0. The number of hydrogen-bond donors (Lipinski definition) is 0. The van der Waals surface area contributed by atoms with E-state index in [1.165, 1.54) is 11.8 Å². The zero-order chi connectivity index (χ0) is 18.0. The van der Waals surface area contributed by atoms with Crippen molar-refractivity contribution in [2.75, 3.05) is 11.5 Å². The van der Waals surface area contributed by atoms with E-state index in [4.69, 9.17) is 17.0 Å². The lowest BCUT2D eigenvalue weighted by Gasteiger charge is -2.14. The molecule has 1 amide bonds. The molecule has 2 aromatic carbocycles. The largest absolute Gasteiger partial charge is 0.493 e. The third-order valence-electron chi connectivity index (χ3n) is 3.61. The molecule has 3 rings (SSSR count). The van der Waals surface area contributed by atoms with Gasteiger partial charge in [-0.15, -0.1) is 0 Å². The molecule has 1 aliphatic heterocycles. The maximum Gasteiger partial charge on any atom is 0.270 e. The molecule has 128 valence electrons. The molecule has 0 aromatic heterocycles. The van der Waals surface area contributed by atoms with Crippen LogP contribution in [0.15, 0.2) is 51.8 Å². The molecule has 0 N–H and O–H groups in total. The predicted molar refractivity (Wildman–Crippen MR) is 112 cm³/mol. The molecule has 1 saturated heterocycles. The van der Waals surface area contributed by atoms with Crippen molar-refractivity contribution in [3.05, 3.63) is 63.0 Å². The van der Waals surface area contributed by atoms with E-state index in [9.17, 15) is 4.79 Å². The molecule has 1 heterocycles. The van der Waals surface area contributed by atoms with Crippen LogP contribution < -0.4 is 9.64 Å². The van der Waals surface area contributed by atoms with Crippen LogP contribution in [-0.4, -0.2) is 16.8 Å². The summed E-state index contributed by atoms with van der Waals surface area (Å²) in [5, 5.41) is 0. The number of aryl methyl sites for hydroxylation is 1. The van der Waals surface area contributed by atoms with E-state index >= 15 is 0 Å². The van der Waals surface area contributed by atoms with E-state index in [0.717, 1.165) is 27.0 Å². The number of nitrogens with zero attached hydrogens (tertiary/aromatic N) is 1. The van der Waals surface area contributed by atoms with E-state index in [0.29, 0.717) is 15.8 Å². The van der Waals surface area contributed by atoms with Crippen molar-refractivity contribution in [2.45, 2.75) is 13.8 Å². The fourth-order valence-electron chi connectivity index (χ4n) is 2.52. The molecule has 1 fully saturated rings. The summed E-state index contributed by atoms with van der Waals surface area (Å²) >= 11 is 10.2. The van der Waals surface area contributed by atoms with Crippen molar-refractivity contribution in [3.63, 3.8) is 0 Å². The summed E-state index contributed by atoms with van der Waals surface area (Å²) in [4.78, 5) is 15.1. The summed E-state index contributed by atoms with van der Waals surface area (Å²) in [6.07, 6.45) is 1.84. The van der Waals surface area contributed by atoms with Crippen LogP contribution in [0.3, 0.4) is 0 Å². The Balaban J connectivity index is 1.97. The summed E-state index contributed by atoms with van der Waals surface area (Å²) in [6, 6.07) is 13.5. The number of thioether (sulfide) groups is 1. The number of ether oxygens (including phenoxy) is 1. The molecule has 0 aliphatic carbocycles. The van der Waals surface area contributed by atoms with E-state index in [1.54, 1.807) is 4.90 Å². The molecule has 3 nitrogen and oxygen atoms in total. The molecule has 0 spiro atoms. The number of carbonyl (C=O) groups excluding carboxylic acids is 1. The molecule has 0 saturated carbocycles. The minimum absolute atomic E-state index is 0.108. The van der Waals surface area contributed by atoms with Gasteiger partial charge in [-0.3, -0.25) is 9.69 Å². The van der Waals surface area contributed by atoms with Crippen molar-refractivity contribution in [3.8, 4) is 5.75 Å². The van der Waals surface area contributed by atoms with Crippen LogP contribution >= 0.6 is 39.9 Å². The van der Waals surface area contributed by atoms with Gasteiger partial charge in [-0.05, 0) is 55.8 Å². The summed E-state index contributed by atoms with van der Waals surface area (Å²) < 4.78 is 7.12. The Morgan fingerprint density at radius 2 is 2.08 bits per heavy atom. The van der Waals surface area contributed by atoms with Gasteiger partial charge in [0.15, 0.2) is 4.32 Å². The van der Waals surface area contributed by atoms with Crippen LogP contribution in [0.1, 0.15) is 18.1 Å². The maximum atomic E-state index is 12.9. The molecule has 2 aromatic rings. The highest BCUT2D eigenvalue weighted by Gasteiger charge is 2.33. The minimum atomic E-state index is -0.108. The fourth-order valence-corrected chi connectivity index (χ4v) is 4.19. The molecule has 1 aliphatic rings. The number of rotatable bonds is 4. The lowest BCUT2D eigenvalue weighted by Crippen LogP contribution is -2.27. The molecular weight excluding hydrogens is 418 g/mol. The van der Waals surface area contributed by atoms with Gasteiger partial charge >= 0.3 is 0 Å². The first-order valence-corrected chi connectivity index (χ1v) is 9.78. The Bertz CT molecular complexity index is 879. The Morgan fingerprint density at radius 3 is 2.80 bits per heavy atom. The van der Waals surface area contributed by atoms with Crippen LogP contribution in [-0.2, 0) is 4.79 Å². The van der Waals surface area contributed by atoms with Gasteiger partial charge < -0.3 is 4.74 Å². The summed E-state index contributed by atoms with van der Waals surface area (Å²) in [5.41, 5.74) is 2.73. The highest BCUT2D eigenvalue weighted by atomic mass is 79.9. The van der Waals surface area contributed by atoms with E-state index < -0.39 is 0 Å². The number of halogens is 1. The lowest BCUT2D eigenvalue weighted by molar-refractivity contribution is -0.113. The Morgan fingerprint density at radius 1 is 1.28 bits per heavy atom. The van der Waals surface area contributed by atoms with Crippen LogP contribution in [0.2, 0.25) is 0 Å².